The van der Waals surface area contributed by atoms with E-state index in [1.807, 2.05) is 6.92 Å². The second kappa shape index (κ2) is 4.16. The molecular formula is C6H12ClO. The number of aliphatic hydroxyl groups excluding tert-OH is 1. The smallest absolute Gasteiger partial charge is 0.0544 e. The van der Waals surface area contributed by atoms with Crippen molar-refractivity contribution in [1.29, 1.82) is 0 Å². The van der Waals surface area contributed by atoms with E-state index in [9.17, 15) is 0 Å². The molecule has 0 saturated heterocycles. The van der Waals surface area contributed by atoms with Gasteiger partial charge in [-0.05, 0) is 19.3 Å². The highest BCUT2D eigenvalue weighted by molar-refractivity contribution is 6.18. The van der Waals surface area contributed by atoms with E-state index in [1.54, 1.807) is 0 Å². The first-order valence-corrected chi connectivity index (χ1v) is 3.27. The topological polar surface area (TPSA) is 20.2 Å². The van der Waals surface area contributed by atoms with E-state index in [-0.39, 0.29) is 0 Å². The van der Waals surface area contributed by atoms with E-state index < -0.39 is 6.10 Å². The molecule has 0 bridgehead atoms. The molecule has 0 aromatic rings. The van der Waals surface area contributed by atoms with Crippen molar-refractivity contribution in [1.82, 2.24) is 0 Å². The van der Waals surface area contributed by atoms with Gasteiger partial charge >= 0.3 is 0 Å². The lowest BCUT2D eigenvalue weighted by molar-refractivity contribution is 0.193. The standard InChI is InChI=1S/C6H12ClO/c1-5(4-7)3-6(2)8/h5-6,8H,2-4H2,1H3. The van der Waals surface area contributed by atoms with E-state index in [2.05, 4.69) is 6.92 Å². The lowest BCUT2D eigenvalue weighted by Gasteiger charge is -2.07. The van der Waals surface area contributed by atoms with Gasteiger partial charge in [-0.3, -0.25) is 0 Å². The van der Waals surface area contributed by atoms with Crippen molar-refractivity contribution >= 4 is 11.6 Å². The van der Waals surface area contributed by atoms with Crippen molar-refractivity contribution in [2.24, 2.45) is 5.92 Å². The monoisotopic (exact) mass is 135 g/mol. The summed E-state index contributed by atoms with van der Waals surface area (Å²) in [5, 5.41) is 8.68. The molecule has 0 aliphatic carbocycles. The number of halogens is 1. The van der Waals surface area contributed by atoms with E-state index in [1.165, 1.54) is 0 Å². The highest BCUT2D eigenvalue weighted by Gasteiger charge is 2.02. The molecule has 0 heterocycles. The summed E-state index contributed by atoms with van der Waals surface area (Å²) < 4.78 is 0. The molecule has 0 fully saturated rings. The van der Waals surface area contributed by atoms with Crippen LogP contribution in [-0.2, 0) is 0 Å². The Labute approximate surface area is 55.7 Å². The number of rotatable bonds is 3. The number of aliphatic hydroxyl groups is 1. The van der Waals surface area contributed by atoms with E-state index >= 15 is 0 Å². The average molecular weight is 136 g/mol. The number of hydrogen-bond acceptors (Lipinski definition) is 1. The minimum absolute atomic E-state index is 0.379. The van der Waals surface area contributed by atoms with Crippen LogP contribution in [0.5, 0.6) is 0 Å². The SMILES string of the molecule is [CH2]C(O)CC(C)CCl. The minimum Gasteiger partial charge on any atom is -0.393 e. The molecule has 0 spiro atoms. The van der Waals surface area contributed by atoms with Gasteiger partial charge in [0.25, 0.3) is 0 Å². The molecule has 2 atom stereocenters. The van der Waals surface area contributed by atoms with Crippen LogP contribution in [-0.4, -0.2) is 17.1 Å². The molecular weight excluding hydrogens is 124 g/mol. The van der Waals surface area contributed by atoms with Crippen molar-refractivity contribution in [3.8, 4) is 0 Å². The first kappa shape index (κ1) is 8.25. The van der Waals surface area contributed by atoms with Gasteiger partial charge in [0, 0.05) is 5.88 Å². The van der Waals surface area contributed by atoms with Gasteiger partial charge in [-0.15, -0.1) is 11.6 Å². The summed E-state index contributed by atoms with van der Waals surface area (Å²) in [6.45, 7) is 5.41. The van der Waals surface area contributed by atoms with Crippen LogP contribution < -0.4 is 0 Å². The second-order valence-corrected chi connectivity index (χ2v) is 2.46. The fourth-order valence-electron chi connectivity index (χ4n) is 0.527. The Bertz CT molecular complexity index is 54.5. The third-order valence-electron chi connectivity index (χ3n) is 0.938. The summed E-state index contributed by atoms with van der Waals surface area (Å²) in [7, 11) is 0. The number of alkyl halides is 1. The maximum absolute atomic E-state index is 8.68. The first-order valence-electron chi connectivity index (χ1n) is 2.74. The predicted molar refractivity (Wildman–Crippen MR) is 35.9 cm³/mol. The Balaban J connectivity index is 3.10. The predicted octanol–water partition coefficient (Wildman–Crippen LogP) is 1.45. The molecule has 8 heavy (non-hydrogen) atoms. The van der Waals surface area contributed by atoms with Crippen LogP contribution in [0.15, 0.2) is 0 Å². The highest BCUT2D eigenvalue weighted by atomic mass is 35.5. The van der Waals surface area contributed by atoms with Crippen LogP contribution in [0.3, 0.4) is 0 Å². The summed E-state index contributed by atoms with van der Waals surface area (Å²) >= 11 is 5.46. The van der Waals surface area contributed by atoms with Gasteiger partial charge < -0.3 is 5.11 Å². The molecule has 0 aliphatic rings. The molecule has 2 unspecified atom stereocenters. The summed E-state index contributed by atoms with van der Waals surface area (Å²) in [5.74, 6) is 0.983. The number of hydrogen-bond donors (Lipinski definition) is 1. The van der Waals surface area contributed by atoms with Crippen LogP contribution in [0.4, 0.5) is 0 Å². The Hall–Kier alpha value is 0.250. The summed E-state index contributed by atoms with van der Waals surface area (Å²) in [5.41, 5.74) is 0. The average Bonchev–Trinajstić information content (AvgIpc) is 1.65. The molecule has 1 nitrogen and oxygen atoms in total. The normalized spacial score (nSPS) is 18.0. The van der Waals surface area contributed by atoms with Gasteiger partial charge in [0.15, 0.2) is 0 Å². The maximum atomic E-state index is 8.68. The van der Waals surface area contributed by atoms with Gasteiger partial charge in [0.05, 0.1) is 6.10 Å². The second-order valence-electron chi connectivity index (χ2n) is 2.15. The molecule has 0 aromatic heterocycles. The first-order chi connectivity index (χ1) is 3.66. The van der Waals surface area contributed by atoms with Crippen LogP contribution in [0.2, 0.25) is 0 Å². The molecule has 49 valence electrons. The molecule has 1 N–H and O–H groups in total. The summed E-state index contributed by atoms with van der Waals surface area (Å²) in [6, 6.07) is 0. The Kier molecular flexibility index (Phi) is 4.29. The van der Waals surface area contributed by atoms with Crippen molar-refractivity contribution in [2.45, 2.75) is 19.4 Å². The molecule has 1 radical (unpaired) electrons. The van der Waals surface area contributed by atoms with Crippen LogP contribution >= 0.6 is 11.6 Å². The van der Waals surface area contributed by atoms with Gasteiger partial charge in [-0.25, -0.2) is 0 Å². The van der Waals surface area contributed by atoms with Gasteiger partial charge in [-0.2, -0.15) is 0 Å². The Morgan fingerprint density at radius 2 is 2.25 bits per heavy atom. The zero-order chi connectivity index (χ0) is 6.57. The summed E-state index contributed by atoms with van der Waals surface area (Å²) in [4.78, 5) is 0. The highest BCUT2D eigenvalue weighted by Crippen LogP contribution is 2.06. The van der Waals surface area contributed by atoms with Gasteiger partial charge in [0.1, 0.15) is 0 Å². The Morgan fingerprint density at radius 1 is 1.75 bits per heavy atom. The molecule has 0 saturated carbocycles. The lowest BCUT2D eigenvalue weighted by atomic mass is 10.1. The van der Waals surface area contributed by atoms with Crippen LogP contribution in [0.25, 0.3) is 0 Å². The quantitative estimate of drug-likeness (QED) is 0.581. The summed E-state index contributed by atoms with van der Waals surface area (Å²) in [6.07, 6.45) is 0.243. The van der Waals surface area contributed by atoms with Crippen molar-refractivity contribution in [3.05, 3.63) is 6.92 Å². The van der Waals surface area contributed by atoms with E-state index in [0.717, 1.165) is 0 Å². The van der Waals surface area contributed by atoms with E-state index in [0.29, 0.717) is 18.2 Å². The van der Waals surface area contributed by atoms with Crippen molar-refractivity contribution in [2.75, 3.05) is 5.88 Å². The minimum atomic E-state index is -0.455. The third kappa shape index (κ3) is 4.41. The van der Waals surface area contributed by atoms with Crippen molar-refractivity contribution < 1.29 is 5.11 Å². The zero-order valence-electron chi connectivity index (χ0n) is 5.10. The molecule has 0 amide bonds. The lowest BCUT2D eigenvalue weighted by Crippen LogP contribution is -2.07. The van der Waals surface area contributed by atoms with E-state index in [4.69, 9.17) is 16.7 Å². The maximum Gasteiger partial charge on any atom is 0.0544 e. The largest absolute Gasteiger partial charge is 0.393 e. The fourth-order valence-corrected chi connectivity index (χ4v) is 0.653. The molecule has 0 aromatic carbocycles. The molecule has 2 heteroatoms. The van der Waals surface area contributed by atoms with Crippen molar-refractivity contribution in [3.63, 3.8) is 0 Å². The van der Waals surface area contributed by atoms with Crippen LogP contribution in [0.1, 0.15) is 13.3 Å². The molecule has 0 rings (SSSR count). The Morgan fingerprint density at radius 3 is 2.38 bits per heavy atom. The van der Waals surface area contributed by atoms with Crippen LogP contribution in [0, 0.1) is 12.8 Å². The fraction of sp³-hybridized carbons (Fsp3) is 0.833. The van der Waals surface area contributed by atoms with Gasteiger partial charge in [-0.1, -0.05) is 6.92 Å². The third-order valence-corrected chi connectivity index (χ3v) is 1.46. The zero-order valence-corrected chi connectivity index (χ0v) is 5.86. The van der Waals surface area contributed by atoms with Gasteiger partial charge in [0.2, 0.25) is 0 Å². The molecule has 0 aliphatic heterocycles.